The number of carbonyl (C=O) groups is 1. The van der Waals surface area contributed by atoms with Crippen LogP contribution in [0.1, 0.15) is 17.0 Å². The normalized spacial score (nSPS) is 15.2. The average molecular weight is 438 g/mol. The van der Waals surface area contributed by atoms with Crippen molar-refractivity contribution in [2.24, 2.45) is 0 Å². The lowest BCUT2D eigenvalue weighted by Gasteiger charge is -2.26. The van der Waals surface area contributed by atoms with E-state index in [1.165, 1.54) is 22.1 Å². The number of hydrogen-bond acceptors (Lipinski definition) is 8. The Balaban J connectivity index is 1.56. The van der Waals surface area contributed by atoms with Gasteiger partial charge in [-0.25, -0.2) is 18.4 Å². The molecule has 0 spiro atoms. The summed E-state index contributed by atoms with van der Waals surface area (Å²) >= 11 is 1.21. The maximum atomic E-state index is 12.7. The molecule has 1 fully saturated rings. The van der Waals surface area contributed by atoms with Crippen molar-refractivity contribution in [3.8, 4) is 0 Å². The van der Waals surface area contributed by atoms with Gasteiger partial charge in [-0.3, -0.25) is 4.79 Å². The monoisotopic (exact) mass is 437 g/mol. The van der Waals surface area contributed by atoms with Gasteiger partial charge in [-0.2, -0.15) is 4.31 Å². The molecule has 8 nitrogen and oxygen atoms in total. The molecule has 3 rings (SSSR count). The Morgan fingerprint density at radius 3 is 2.55 bits per heavy atom. The molecule has 0 atom stereocenters. The van der Waals surface area contributed by atoms with Gasteiger partial charge in [0.15, 0.2) is 5.16 Å². The summed E-state index contributed by atoms with van der Waals surface area (Å²) < 4.78 is 37.4. The number of esters is 1. The number of aryl methyl sites for hydroxylation is 2. The fourth-order valence-electron chi connectivity index (χ4n) is 2.82. The van der Waals surface area contributed by atoms with Crippen LogP contribution >= 0.6 is 11.8 Å². The SMILES string of the molecule is Cc1cc(C)nc(SCC(=O)OCc2cccc(S(=O)(=O)N3CCOCC3)c2)n1. The predicted molar refractivity (Wildman–Crippen MR) is 108 cm³/mol. The molecule has 10 heteroatoms. The minimum atomic E-state index is -3.59. The Morgan fingerprint density at radius 1 is 1.17 bits per heavy atom. The first-order valence-electron chi connectivity index (χ1n) is 9.12. The lowest BCUT2D eigenvalue weighted by molar-refractivity contribution is -0.141. The lowest BCUT2D eigenvalue weighted by Crippen LogP contribution is -2.40. The average Bonchev–Trinajstić information content (AvgIpc) is 2.71. The van der Waals surface area contributed by atoms with Crippen molar-refractivity contribution in [2.45, 2.75) is 30.5 Å². The van der Waals surface area contributed by atoms with Gasteiger partial charge >= 0.3 is 5.97 Å². The van der Waals surface area contributed by atoms with Gasteiger partial charge in [-0.15, -0.1) is 0 Å². The highest BCUT2D eigenvalue weighted by Crippen LogP contribution is 2.19. The number of thioether (sulfide) groups is 1. The molecular formula is C19H23N3O5S2. The molecule has 1 aromatic carbocycles. The largest absolute Gasteiger partial charge is 0.460 e. The Labute approximate surface area is 174 Å². The standard InChI is InChI=1S/C19H23N3O5S2/c1-14-10-15(2)21-19(20-14)28-13-18(23)27-12-16-4-3-5-17(11-16)29(24,25)22-6-8-26-9-7-22/h3-5,10-11H,6-9,12-13H2,1-2H3. The van der Waals surface area contributed by atoms with Crippen molar-refractivity contribution >= 4 is 27.8 Å². The second kappa shape index (κ2) is 9.66. The molecule has 1 aromatic heterocycles. The van der Waals surface area contributed by atoms with Crippen LogP contribution in [0.15, 0.2) is 40.4 Å². The number of morpholine rings is 1. The number of hydrogen-bond donors (Lipinski definition) is 0. The van der Waals surface area contributed by atoms with Crippen LogP contribution in [-0.4, -0.2) is 60.7 Å². The van der Waals surface area contributed by atoms with Gasteiger partial charge in [0.1, 0.15) is 6.61 Å². The number of benzene rings is 1. The van der Waals surface area contributed by atoms with E-state index in [2.05, 4.69) is 9.97 Å². The van der Waals surface area contributed by atoms with E-state index in [4.69, 9.17) is 9.47 Å². The van der Waals surface area contributed by atoms with Crippen LogP contribution in [0.2, 0.25) is 0 Å². The third kappa shape index (κ3) is 5.99. The van der Waals surface area contributed by atoms with Crippen molar-refractivity contribution in [3.05, 3.63) is 47.3 Å². The third-order valence-electron chi connectivity index (χ3n) is 4.19. The van der Waals surface area contributed by atoms with Crippen LogP contribution in [0.25, 0.3) is 0 Å². The second-order valence-corrected chi connectivity index (χ2v) is 9.43. The van der Waals surface area contributed by atoms with E-state index in [1.54, 1.807) is 18.2 Å². The van der Waals surface area contributed by atoms with Crippen LogP contribution in [0.3, 0.4) is 0 Å². The first kappa shape index (κ1) is 21.7. The number of carbonyl (C=O) groups excluding carboxylic acids is 1. The first-order valence-corrected chi connectivity index (χ1v) is 11.5. The zero-order valence-electron chi connectivity index (χ0n) is 16.3. The van der Waals surface area contributed by atoms with E-state index in [1.807, 2.05) is 19.9 Å². The number of aromatic nitrogens is 2. The molecule has 1 aliphatic heterocycles. The summed E-state index contributed by atoms with van der Waals surface area (Å²) in [6, 6.07) is 8.32. The summed E-state index contributed by atoms with van der Waals surface area (Å²) in [5.74, 6) is -0.339. The molecule has 1 saturated heterocycles. The van der Waals surface area contributed by atoms with Crippen molar-refractivity contribution < 1.29 is 22.7 Å². The van der Waals surface area contributed by atoms with Gasteiger partial charge in [-0.1, -0.05) is 23.9 Å². The molecule has 29 heavy (non-hydrogen) atoms. The fraction of sp³-hybridized carbons (Fsp3) is 0.421. The molecule has 0 radical (unpaired) electrons. The van der Waals surface area contributed by atoms with Gasteiger partial charge in [0, 0.05) is 24.5 Å². The van der Waals surface area contributed by atoms with Gasteiger partial charge < -0.3 is 9.47 Å². The summed E-state index contributed by atoms with van der Waals surface area (Å²) in [6.45, 7) is 5.18. The summed E-state index contributed by atoms with van der Waals surface area (Å²) in [7, 11) is -3.59. The molecule has 0 N–H and O–H groups in total. The quantitative estimate of drug-likeness (QED) is 0.368. The maximum Gasteiger partial charge on any atom is 0.316 e. The van der Waals surface area contributed by atoms with E-state index in [0.29, 0.717) is 37.0 Å². The highest BCUT2D eigenvalue weighted by Gasteiger charge is 2.26. The number of ether oxygens (including phenoxy) is 2. The molecule has 1 aliphatic rings. The minimum absolute atomic E-state index is 0.000430. The molecule has 0 saturated carbocycles. The van der Waals surface area contributed by atoms with Crippen LogP contribution in [0.4, 0.5) is 0 Å². The summed E-state index contributed by atoms with van der Waals surface area (Å²) in [5, 5.41) is 0.526. The van der Waals surface area contributed by atoms with Gasteiger partial charge in [0.2, 0.25) is 10.0 Å². The second-order valence-electron chi connectivity index (χ2n) is 6.55. The predicted octanol–water partition coefficient (Wildman–Crippen LogP) is 1.95. The topological polar surface area (TPSA) is 98.7 Å². The van der Waals surface area contributed by atoms with E-state index in [-0.39, 0.29) is 17.3 Å². The van der Waals surface area contributed by atoms with Crippen LogP contribution in [-0.2, 0) is 30.9 Å². The Kier molecular flexibility index (Phi) is 7.23. The third-order valence-corrected chi connectivity index (χ3v) is 6.90. The summed E-state index contributed by atoms with van der Waals surface area (Å²) in [6.07, 6.45) is 0. The van der Waals surface area contributed by atoms with E-state index < -0.39 is 16.0 Å². The molecule has 0 amide bonds. The van der Waals surface area contributed by atoms with Gasteiger partial charge in [0.05, 0.1) is 23.9 Å². The highest BCUT2D eigenvalue weighted by atomic mass is 32.2. The maximum absolute atomic E-state index is 12.7. The van der Waals surface area contributed by atoms with E-state index >= 15 is 0 Å². The van der Waals surface area contributed by atoms with Gasteiger partial charge in [0.25, 0.3) is 0 Å². The van der Waals surface area contributed by atoms with E-state index in [9.17, 15) is 13.2 Å². The lowest BCUT2D eigenvalue weighted by atomic mass is 10.2. The number of nitrogens with zero attached hydrogens (tertiary/aromatic N) is 3. The number of sulfonamides is 1. The molecule has 0 unspecified atom stereocenters. The van der Waals surface area contributed by atoms with Crippen LogP contribution in [0, 0.1) is 13.8 Å². The summed E-state index contributed by atoms with van der Waals surface area (Å²) in [5.41, 5.74) is 2.29. The first-order chi connectivity index (χ1) is 13.8. The van der Waals surface area contributed by atoms with Crippen molar-refractivity contribution in [2.75, 3.05) is 32.1 Å². The molecule has 2 heterocycles. The summed E-state index contributed by atoms with van der Waals surface area (Å²) in [4.78, 5) is 20.8. The van der Waals surface area contributed by atoms with Gasteiger partial charge in [-0.05, 0) is 37.6 Å². The Hall–Kier alpha value is -2.01. The molecule has 0 aliphatic carbocycles. The minimum Gasteiger partial charge on any atom is -0.460 e. The van der Waals surface area contributed by atoms with Crippen molar-refractivity contribution in [1.82, 2.24) is 14.3 Å². The highest BCUT2D eigenvalue weighted by molar-refractivity contribution is 7.99. The number of rotatable bonds is 7. The molecule has 2 aromatic rings. The Bertz CT molecular complexity index is 955. The fourth-order valence-corrected chi connectivity index (χ4v) is 5.04. The van der Waals surface area contributed by atoms with Crippen LogP contribution in [0.5, 0.6) is 0 Å². The zero-order chi connectivity index (χ0) is 20.9. The van der Waals surface area contributed by atoms with Crippen molar-refractivity contribution in [3.63, 3.8) is 0 Å². The zero-order valence-corrected chi connectivity index (χ0v) is 18.0. The molecule has 0 bridgehead atoms. The smallest absolute Gasteiger partial charge is 0.316 e. The van der Waals surface area contributed by atoms with Crippen molar-refractivity contribution in [1.29, 1.82) is 0 Å². The Morgan fingerprint density at radius 2 is 1.86 bits per heavy atom. The van der Waals surface area contributed by atoms with E-state index in [0.717, 1.165) is 11.4 Å². The molecular weight excluding hydrogens is 414 g/mol. The molecule has 156 valence electrons. The van der Waals surface area contributed by atoms with Crippen LogP contribution < -0.4 is 0 Å².